The van der Waals surface area contributed by atoms with E-state index < -0.39 is 5.97 Å². The van der Waals surface area contributed by atoms with Crippen molar-refractivity contribution in [2.45, 2.75) is 45.7 Å². The zero-order valence-electron chi connectivity index (χ0n) is 10.5. The fourth-order valence-corrected chi connectivity index (χ4v) is 1.49. The lowest BCUT2D eigenvalue weighted by molar-refractivity contribution is -0.137. The summed E-state index contributed by atoms with van der Waals surface area (Å²) in [5.74, 6) is -0.743. The summed E-state index contributed by atoms with van der Waals surface area (Å²) >= 11 is 0. The lowest BCUT2D eigenvalue weighted by Crippen LogP contribution is -2.16. The Hall–Kier alpha value is -1.36. The minimum atomic E-state index is -0.743. The highest BCUT2D eigenvalue weighted by Crippen LogP contribution is 2.08. The van der Waals surface area contributed by atoms with E-state index in [1.807, 2.05) is 16.9 Å². The number of carboxylic acids is 1. The van der Waals surface area contributed by atoms with Crippen molar-refractivity contribution in [3.63, 3.8) is 0 Å². The lowest BCUT2D eigenvalue weighted by Gasteiger charge is -2.08. The van der Waals surface area contributed by atoms with E-state index in [9.17, 15) is 4.79 Å². The summed E-state index contributed by atoms with van der Waals surface area (Å²) in [6.07, 6.45) is 3.92. The average Bonchev–Trinajstić information content (AvgIpc) is 2.76. The number of hydrogen-bond acceptors (Lipinski definition) is 3. The summed E-state index contributed by atoms with van der Waals surface area (Å²) < 4.78 is 1.97. The molecule has 0 aromatic carbocycles. The van der Waals surface area contributed by atoms with Crippen LogP contribution in [0.3, 0.4) is 0 Å². The van der Waals surface area contributed by atoms with E-state index >= 15 is 0 Å². The van der Waals surface area contributed by atoms with Crippen LogP contribution in [0.2, 0.25) is 0 Å². The Bertz CT molecular complexity index is 349. The van der Waals surface area contributed by atoms with Crippen molar-refractivity contribution in [2.24, 2.45) is 0 Å². The molecule has 0 aliphatic heterocycles. The molecule has 0 aliphatic carbocycles. The monoisotopic (exact) mass is 239 g/mol. The van der Waals surface area contributed by atoms with Crippen molar-refractivity contribution in [3.8, 4) is 0 Å². The third-order valence-electron chi connectivity index (χ3n) is 2.76. The van der Waals surface area contributed by atoms with Crippen LogP contribution in [0, 0.1) is 0 Å². The standard InChI is InChI=1S/C12H21N3O2/c1-3-10(2)15-8-6-11(14-15)9-13-7-4-5-12(16)17/h6,8,10,13H,3-5,7,9H2,1-2H3,(H,16,17). The number of carbonyl (C=O) groups is 1. The fourth-order valence-electron chi connectivity index (χ4n) is 1.49. The summed E-state index contributed by atoms with van der Waals surface area (Å²) in [4.78, 5) is 10.3. The maximum absolute atomic E-state index is 10.3. The van der Waals surface area contributed by atoms with Crippen LogP contribution in [0.15, 0.2) is 12.3 Å². The van der Waals surface area contributed by atoms with Crippen molar-refractivity contribution in [1.82, 2.24) is 15.1 Å². The first kappa shape index (κ1) is 13.7. The molecule has 0 bridgehead atoms. The van der Waals surface area contributed by atoms with Crippen LogP contribution in [0.1, 0.15) is 44.8 Å². The van der Waals surface area contributed by atoms with Gasteiger partial charge in [-0.05, 0) is 32.4 Å². The highest BCUT2D eigenvalue weighted by molar-refractivity contribution is 5.66. The highest BCUT2D eigenvalue weighted by atomic mass is 16.4. The first-order valence-electron chi connectivity index (χ1n) is 6.10. The van der Waals surface area contributed by atoms with Crippen molar-refractivity contribution < 1.29 is 9.90 Å². The van der Waals surface area contributed by atoms with Gasteiger partial charge in [0.05, 0.1) is 5.69 Å². The normalized spacial score (nSPS) is 12.6. The molecule has 1 unspecified atom stereocenters. The van der Waals surface area contributed by atoms with Gasteiger partial charge in [0, 0.05) is 25.2 Å². The Morgan fingerprint density at radius 3 is 3.06 bits per heavy atom. The second-order valence-corrected chi connectivity index (χ2v) is 4.22. The van der Waals surface area contributed by atoms with Gasteiger partial charge in [0.1, 0.15) is 0 Å². The van der Waals surface area contributed by atoms with E-state index in [0.29, 0.717) is 25.6 Å². The number of nitrogens with one attached hydrogen (secondary N) is 1. The van der Waals surface area contributed by atoms with Crippen molar-refractivity contribution in [2.75, 3.05) is 6.54 Å². The van der Waals surface area contributed by atoms with Crippen LogP contribution in [0.25, 0.3) is 0 Å². The highest BCUT2D eigenvalue weighted by Gasteiger charge is 2.04. The molecule has 1 atom stereocenters. The van der Waals surface area contributed by atoms with Gasteiger partial charge in [0.15, 0.2) is 0 Å². The van der Waals surface area contributed by atoms with Crippen molar-refractivity contribution >= 4 is 5.97 Å². The second-order valence-electron chi connectivity index (χ2n) is 4.22. The Morgan fingerprint density at radius 2 is 2.41 bits per heavy atom. The largest absolute Gasteiger partial charge is 0.481 e. The molecule has 1 heterocycles. The van der Waals surface area contributed by atoms with Crippen LogP contribution >= 0.6 is 0 Å². The third-order valence-corrected chi connectivity index (χ3v) is 2.76. The van der Waals surface area contributed by atoms with Crippen molar-refractivity contribution in [3.05, 3.63) is 18.0 Å². The van der Waals surface area contributed by atoms with E-state index in [0.717, 1.165) is 12.1 Å². The summed E-state index contributed by atoms with van der Waals surface area (Å²) in [5, 5.41) is 16.1. The van der Waals surface area contributed by atoms with Gasteiger partial charge >= 0.3 is 5.97 Å². The van der Waals surface area contributed by atoms with Gasteiger partial charge in [0.2, 0.25) is 0 Å². The molecular formula is C12H21N3O2. The van der Waals surface area contributed by atoms with Gasteiger partial charge in [-0.1, -0.05) is 6.92 Å². The van der Waals surface area contributed by atoms with E-state index in [4.69, 9.17) is 5.11 Å². The quantitative estimate of drug-likeness (QED) is 0.679. The molecule has 5 heteroatoms. The molecule has 5 nitrogen and oxygen atoms in total. The molecule has 2 N–H and O–H groups in total. The van der Waals surface area contributed by atoms with Crippen molar-refractivity contribution in [1.29, 1.82) is 0 Å². The van der Waals surface area contributed by atoms with Gasteiger partial charge in [-0.25, -0.2) is 0 Å². The predicted molar refractivity (Wildman–Crippen MR) is 65.8 cm³/mol. The molecule has 0 fully saturated rings. The molecule has 0 saturated heterocycles. The number of aliphatic carboxylic acids is 1. The van der Waals surface area contributed by atoms with Gasteiger partial charge in [-0.3, -0.25) is 9.48 Å². The fraction of sp³-hybridized carbons (Fsp3) is 0.667. The first-order valence-corrected chi connectivity index (χ1v) is 6.10. The molecule has 0 aliphatic rings. The van der Waals surface area contributed by atoms with Crippen LogP contribution in [0.4, 0.5) is 0 Å². The van der Waals surface area contributed by atoms with Gasteiger partial charge < -0.3 is 10.4 Å². The van der Waals surface area contributed by atoms with Crippen LogP contribution in [0.5, 0.6) is 0 Å². The number of rotatable bonds is 8. The zero-order valence-corrected chi connectivity index (χ0v) is 10.5. The zero-order chi connectivity index (χ0) is 12.7. The third kappa shape index (κ3) is 4.99. The topological polar surface area (TPSA) is 67.2 Å². The maximum atomic E-state index is 10.3. The lowest BCUT2D eigenvalue weighted by atomic mass is 10.3. The Balaban J connectivity index is 2.23. The number of aromatic nitrogens is 2. The number of hydrogen-bond donors (Lipinski definition) is 2. The Labute approximate surface area is 102 Å². The number of carboxylic acid groups (broad SMARTS) is 1. The number of nitrogens with zero attached hydrogens (tertiary/aromatic N) is 2. The van der Waals surface area contributed by atoms with Crippen LogP contribution in [-0.4, -0.2) is 27.4 Å². The minimum Gasteiger partial charge on any atom is -0.481 e. The summed E-state index contributed by atoms with van der Waals surface area (Å²) in [6, 6.07) is 2.42. The van der Waals surface area contributed by atoms with Crippen LogP contribution in [-0.2, 0) is 11.3 Å². The van der Waals surface area contributed by atoms with Crippen LogP contribution < -0.4 is 5.32 Å². The molecule has 1 aromatic heterocycles. The predicted octanol–water partition coefficient (Wildman–Crippen LogP) is 1.81. The van der Waals surface area contributed by atoms with E-state index in [2.05, 4.69) is 24.3 Å². The van der Waals surface area contributed by atoms with E-state index in [-0.39, 0.29) is 6.42 Å². The summed E-state index contributed by atoms with van der Waals surface area (Å²) in [7, 11) is 0. The van der Waals surface area contributed by atoms with Gasteiger partial charge in [-0.2, -0.15) is 5.10 Å². The van der Waals surface area contributed by atoms with E-state index in [1.165, 1.54) is 0 Å². The second kappa shape index (κ2) is 7.06. The minimum absolute atomic E-state index is 0.217. The van der Waals surface area contributed by atoms with E-state index in [1.54, 1.807) is 0 Å². The molecule has 17 heavy (non-hydrogen) atoms. The Kier molecular flexibility index (Phi) is 5.69. The first-order chi connectivity index (χ1) is 8.13. The smallest absolute Gasteiger partial charge is 0.303 e. The van der Waals surface area contributed by atoms with Gasteiger partial charge in [0.25, 0.3) is 0 Å². The molecule has 0 saturated carbocycles. The van der Waals surface area contributed by atoms with Gasteiger partial charge in [-0.15, -0.1) is 0 Å². The molecule has 1 aromatic rings. The summed E-state index contributed by atoms with van der Waals surface area (Å²) in [6.45, 7) is 5.68. The maximum Gasteiger partial charge on any atom is 0.303 e. The molecule has 1 rings (SSSR count). The SMILES string of the molecule is CCC(C)n1ccc(CNCCCC(=O)O)n1. The molecule has 0 radical (unpaired) electrons. The molecule has 0 spiro atoms. The summed E-state index contributed by atoms with van der Waals surface area (Å²) in [5.41, 5.74) is 1.00. The molecular weight excluding hydrogens is 218 g/mol. The molecule has 0 amide bonds. The average molecular weight is 239 g/mol. The Morgan fingerprint density at radius 1 is 1.65 bits per heavy atom. The molecule has 96 valence electrons.